The van der Waals surface area contributed by atoms with Crippen molar-refractivity contribution in [3.8, 4) is 17.6 Å². The molecule has 1 nitrogen and oxygen atoms in total. The predicted molar refractivity (Wildman–Crippen MR) is 138 cm³/mol. The fourth-order valence-electron chi connectivity index (χ4n) is 5.61. The summed E-state index contributed by atoms with van der Waals surface area (Å²) >= 11 is 0. The van der Waals surface area contributed by atoms with Gasteiger partial charge in [0, 0.05) is 5.56 Å². The lowest BCUT2D eigenvalue weighted by Crippen LogP contribution is -2.17. The second kappa shape index (κ2) is 14.5. The number of ether oxygens (including phenoxy) is 1. The van der Waals surface area contributed by atoms with Crippen molar-refractivity contribution in [1.29, 1.82) is 0 Å². The van der Waals surface area contributed by atoms with Gasteiger partial charge in [0.15, 0.2) is 0 Å². The van der Waals surface area contributed by atoms with Crippen LogP contribution in [0.5, 0.6) is 5.75 Å². The minimum Gasteiger partial charge on any atom is -0.494 e. The summed E-state index contributed by atoms with van der Waals surface area (Å²) in [5.74, 6) is 11.2. The molecule has 32 heavy (non-hydrogen) atoms. The van der Waals surface area contributed by atoms with Gasteiger partial charge in [-0.1, -0.05) is 89.6 Å². The van der Waals surface area contributed by atoms with Gasteiger partial charge in [-0.2, -0.15) is 0 Å². The van der Waals surface area contributed by atoms with Crippen LogP contribution in [0.2, 0.25) is 0 Å². The summed E-state index contributed by atoms with van der Waals surface area (Å²) in [4.78, 5) is 0. The van der Waals surface area contributed by atoms with Gasteiger partial charge >= 0.3 is 0 Å². The lowest BCUT2D eigenvalue weighted by Gasteiger charge is -2.31. The second-order valence-corrected chi connectivity index (χ2v) is 10.4. The maximum Gasteiger partial charge on any atom is 0.119 e. The molecule has 2 saturated carbocycles. The summed E-state index contributed by atoms with van der Waals surface area (Å²) < 4.78 is 5.63. The Kier molecular flexibility index (Phi) is 11.3. The number of unbranched alkanes of at least 4 members (excludes halogenated alkanes) is 1. The average molecular weight is 435 g/mol. The van der Waals surface area contributed by atoms with Crippen molar-refractivity contribution < 1.29 is 4.74 Å². The molecule has 0 N–H and O–H groups in total. The van der Waals surface area contributed by atoms with Crippen LogP contribution in [0.25, 0.3) is 0 Å². The first-order valence-electron chi connectivity index (χ1n) is 13.7. The lowest BCUT2D eigenvalue weighted by molar-refractivity contribution is 0.220. The van der Waals surface area contributed by atoms with Crippen LogP contribution < -0.4 is 4.74 Å². The Morgan fingerprint density at radius 1 is 0.781 bits per heavy atom. The Morgan fingerprint density at radius 2 is 1.38 bits per heavy atom. The molecule has 1 aromatic rings. The summed E-state index contributed by atoms with van der Waals surface area (Å²) in [5, 5.41) is 0. The number of hydrogen-bond acceptors (Lipinski definition) is 1. The Morgan fingerprint density at radius 3 is 1.97 bits per heavy atom. The molecule has 0 spiro atoms. The zero-order valence-electron chi connectivity index (χ0n) is 20.8. The maximum absolute atomic E-state index is 5.63. The molecule has 1 heteroatoms. The molecule has 0 amide bonds. The Balaban J connectivity index is 1.29. The largest absolute Gasteiger partial charge is 0.494 e. The van der Waals surface area contributed by atoms with Gasteiger partial charge in [-0.3, -0.25) is 0 Å². The van der Waals surface area contributed by atoms with E-state index in [2.05, 4.69) is 50.0 Å². The molecule has 2 aliphatic rings. The van der Waals surface area contributed by atoms with Crippen molar-refractivity contribution in [2.24, 2.45) is 23.7 Å². The van der Waals surface area contributed by atoms with Crippen LogP contribution >= 0.6 is 0 Å². The van der Waals surface area contributed by atoms with Crippen molar-refractivity contribution in [2.75, 3.05) is 6.61 Å². The number of rotatable bonds is 10. The summed E-state index contributed by atoms with van der Waals surface area (Å²) in [6.45, 7) is 5.23. The molecule has 2 aliphatic carbocycles. The first-order valence-corrected chi connectivity index (χ1v) is 13.7. The van der Waals surface area contributed by atoms with Crippen molar-refractivity contribution in [1.82, 2.24) is 0 Å². The highest BCUT2D eigenvalue weighted by atomic mass is 16.5. The first-order chi connectivity index (χ1) is 15.8. The van der Waals surface area contributed by atoms with Crippen LogP contribution in [0.1, 0.15) is 109 Å². The average Bonchev–Trinajstić information content (AvgIpc) is 2.85. The minimum atomic E-state index is 0.736. The van der Waals surface area contributed by atoms with E-state index in [4.69, 9.17) is 4.74 Å². The summed E-state index contributed by atoms with van der Waals surface area (Å²) in [6.07, 6.45) is 24.4. The lowest BCUT2D eigenvalue weighted by atomic mass is 9.75. The molecule has 0 saturated heterocycles. The van der Waals surface area contributed by atoms with Crippen molar-refractivity contribution in [3.05, 3.63) is 42.0 Å². The highest BCUT2D eigenvalue weighted by molar-refractivity contribution is 5.40. The van der Waals surface area contributed by atoms with Gasteiger partial charge in [0.05, 0.1) is 6.61 Å². The topological polar surface area (TPSA) is 9.23 Å². The van der Waals surface area contributed by atoms with Crippen molar-refractivity contribution in [2.45, 2.75) is 104 Å². The molecule has 3 rings (SSSR count). The van der Waals surface area contributed by atoms with Crippen molar-refractivity contribution in [3.63, 3.8) is 0 Å². The quantitative estimate of drug-likeness (QED) is 0.334. The molecule has 0 radical (unpaired) electrons. The molecule has 176 valence electrons. The van der Waals surface area contributed by atoms with Gasteiger partial charge in [0.25, 0.3) is 0 Å². The molecule has 1 aromatic carbocycles. The van der Waals surface area contributed by atoms with E-state index in [0.29, 0.717) is 0 Å². The third-order valence-corrected chi connectivity index (χ3v) is 7.80. The van der Waals surface area contributed by atoms with E-state index >= 15 is 0 Å². The normalized spacial score (nSPS) is 25.9. The van der Waals surface area contributed by atoms with Crippen molar-refractivity contribution >= 4 is 0 Å². The van der Waals surface area contributed by atoms with Crippen LogP contribution in [0.4, 0.5) is 0 Å². The maximum atomic E-state index is 5.63. The standard InChI is InChI=1S/C31H46O/c1-3-5-8-26-11-15-29(16-12-26)19-20-30-17-13-27(14-18-30)9-6-7-10-28-21-23-31(24-22-28)32-25-4-2/h6,9,21-24,26-27,29-30H,3-5,8,11-20,25H2,1-2H3/b9-6+. The van der Waals surface area contributed by atoms with Crippen LogP contribution in [0.3, 0.4) is 0 Å². The molecule has 0 bridgehead atoms. The summed E-state index contributed by atoms with van der Waals surface area (Å²) in [6, 6.07) is 8.13. The van der Waals surface area contributed by atoms with Gasteiger partial charge in [0.1, 0.15) is 5.75 Å². The van der Waals surface area contributed by atoms with E-state index in [1.165, 1.54) is 83.5 Å². The molecule has 0 heterocycles. The smallest absolute Gasteiger partial charge is 0.119 e. The van der Waals surface area contributed by atoms with Crippen LogP contribution in [-0.2, 0) is 0 Å². The molecule has 0 aliphatic heterocycles. The highest BCUT2D eigenvalue weighted by Crippen LogP contribution is 2.37. The third kappa shape index (κ3) is 9.05. The van der Waals surface area contributed by atoms with Gasteiger partial charge < -0.3 is 4.74 Å². The van der Waals surface area contributed by atoms with E-state index in [1.54, 1.807) is 0 Å². The van der Waals surface area contributed by atoms with E-state index in [1.807, 2.05) is 12.1 Å². The number of allylic oxidation sites excluding steroid dienone is 2. The minimum absolute atomic E-state index is 0.736. The van der Waals surface area contributed by atoms with Crippen LogP contribution in [0, 0.1) is 35.5 Å². The summed E-state index contributed by atoms with van der Waals surface area (Å²) in [5.41, 5.74) is 1.06. The summed E-state index contributed by atoms with van der Waals surface area (Å²) in [7, 11) is 0. The number of benzene rings is 1. The Bertz CT molecular complexity index is 703. The number of hydrogen-bond donors (Lipinski definition) is 0. The van der Waals surface area contributed by atoms with Gasteiger partial charge in [-0.05, 0) is 86.1 Å². The zero-order chi connectivity index (χ0) is 22.4. The van der Waals surface area contributed by atoms with Gasteiger partial charge in [-0.25, -0.2) is 0 Å². The SMILES string of the molecule is CCCCC1CCC(CCC2CCC(/C=C/C#Cc3ccc(OCCC)cc3)CC2)CC1. The Hall–Kier alpha value is -1.68. The monoisotopic (exact) mass is 434 g/mol. The second-order valence-electron chi connectivity index (χ2n) is 10.4. The highest BCUT2D eigenvalue weighted by Gasteiger charge is 2.23. The molecular formula is C31H46O. The predicted octanol–water partition coefficient (Wildman–Crippen LogP) is 8.97. The molecule has 0 atom stereocenters. The third-order valence-electron chi connectivity index (χ3n) is 7.80. The van der Waals surface area contributed by atoms with Crippen LogP contribution in [-0.4, -0.2) is 6.61 Å². The molecule has 2 fully saturated rings. The van der Waals surface area contributed by atoms with E-state index in [0.717, 1.165) is 48.0 Å². The van der Waals surface area contributed by atoms with E-state index in [-0.39, 0.29) is 0 Å². The fraction of sp³-hybridized carbons (Fsp3) is 0.677. The molecule has 0 unspecified atom stereocenters. The van der Waals surface area contributed by atoms with Crippen LogP contribution in [0.15, 0.2) is 36.4 Å². The fourth-order valence-corrected chi connectivity index (χ4v) is 5.61. The van der Waals surface area contributed by atoms with E-state index < -0.39 is 0 Å². The first kappa shape index (κ1) is 25.0. The van der Waals surface area contributed by atoms with Gasteiger partial charge in [0.2, 0.25) is 0 Å². The van der Waals surface area contributed by atoms with Gasteiger partial charge in [-0.15, -0.1) is 0 Å². The zero-order valence-corrected chi connectivity index (χ0v) is 20.8. The molecule has 0 aromatic heterocycles. The van der Waals surface area contributed by atoms with E-state index in [9.17, 15) is 0 Å². The Labute approximate surface area is 198 Å². The molecular weight excluding hydrogens is 388 g/mol.